The number of hydrogen-bond acceptors (Lipinski definition) is 6. The molecule has 0 radical (unpaired) electrons. The minimum Gasteiger partial charge on any atom is -0.462 e. The summed E-state index contributed by atoms with van der Waals surface area (Å²) < 4.78 is 16.8. The Morgan fingerprint density at radius 2 is 0.545 bits per heavy atom. The van der Waals surface area contributed by atoms with E-state index < -0.39 is 6.10 Å². The van der Waals surface area contributed by atoms with Gasteiger partial charge in [0.25, 0.3) is 0 Å². The van der Waals surface area contributed by atoms with Gasteiger partial charge in [-0.05, 0) is 44.9 Å². The van der Waals surface area contributed by atoms with Crippen molar-refractivity contribution in [2.75, 3.05) is 13.2 Å². The second-order valence-electron chi connectivity index (χ2n) is 19.3. The van der Waals surface area contributed by atoms with Crippen molar-refractivity contribution >= 4 is 17.9 Å². The maximum Gasteiger partial charge on any atom is 0.306 e. The zero-order valence-electron chi connectivity index (χ0n) is 44.0. The SMILES string of the molecule is CCCCC\C=C/C=C\C=C/C=C\CCCCCCCC(=O)OC(COC(=O)CCCCCCCCCCCCC)COC(=O)CCCCCCCCCCCCCCCCCCCCC. The second kappa shape index (κ2) is 55.0. The van der Waals surface area contributed by atoms with Gasteiger partial charge in [-0.2, -0.15) is 0 Å². The van der Waals surface area contributed by atoms with E-state index in [9.17, 15) is 14.4 Å². The molecule has 0 saturated carbocycles. The van der Waals surface area contributed by atoms with Crippen LogP contribution in [0.3, 0.4) is 0 Å². The van der Waals surface area contributed by atoms with Crippen LogP contribution in [0.2, 0.25) is 0 Å². The molecule has 0 fully saturated rings. The van der Waals surface area contributed by atoms with Crippen molar-refractivity contribution in [2.45, 2.75) is 303 Å². The second-order valence-corrected chi connectivity index (χ2v) is 19.3. The van der Waals surface area contributed by atoms with E-state index in [0.29, 0.717) is 19.3 Å². The zero-order valence-corrected chi connectivity index (χ0v) is 44.0. The van der Waals surface area contributed by atoms with E-state index in [1.54, 1.807) is 0 Å². The lowest BCUT2D eigenvalue weighted by Crippen LogP contribution is -2.30. The number of ether oxygens (including phenoxy) is 3. The average molecular weight is 926 g/mol. The van der Waals surface area contributed by atoms with Crippen molar-refractivity contribution in [3.8, 4) is 0 Å². The highest BCUT2D eigenvalue weighted by molar-refractivity contribution is 5.71. The third-order valence-electron chi connectivity index (χ3n) is 12.7. The van der Waals surface area contributed by atoms with Crippen LogP contribution >= 0.6 is 0 Å². The molecule has 0 aliphatic carbocycles. The van der Waals surface area contributed by atoms with Gasteiger partial charge in [-0.25, -0.2) is 0 Å². The Morgan fingerprint density at radius 1 is 0.303 bits per heavy atom. The third kappa shape index (κ3) is 52.3. The predicted molar refractivity (Wildman–Crippen MR) is 284 cm³/mol. The maximum absolute atomic E-state index is 12.8. The van der Waals surface area contributed by atoms with E-state index >= 15 is 0 Å². The first-order valence-electron chi connectivity index (χ1n) is 28.7. The Balaban J connectivity index is 4.34. The van der Waals surface area contributed by atoms with Crippen molar-refractivity contribution < 1.29 is 28.6 Å². The van der Waals surface area contributed by atoms with Crippen LogP contribution in [0.25, 0.3) is 0 Å². The molecular weight excluding hydrogens is 817 g/mol. The summed E-state index contributed by atoms with van der Waals surface area (Å²) in [5.41, 5.74) is 0. The molecule has 1 unspecified atom stereocenters. The summed E-state index contributed by atoms with van der Waals surface area (Å²) in [6.45, 7) is 6.61. The lowest BCUT2D eigenvalue weighted by Gasteiger charge is -2.18. The average Bonchev–Trinajstić information content (AvgIpc) is 3.31. The van der Waals surface area contributed by atoms with Gasteiger partial charge < -0.3 is 14.2 Å². The lowest BCUT2D eigenvalue weighted by atomic mass is 10.0. The van der Waals surface area contributed by atoms with E-state index in [0.717, 1.165) is 83.5 Å². The molecule has 6 heteroatoms. The molecule has 0 aliphatic rings. The van der Waals surface area contributed by atoms with Gasteiger partial charge >= 0.3 is 17.9 Å². The molecule has 0 bridgehead atoms. The van der Waals surface area contributed by atoms with Crippen LogP contribution in [0.15, 0.2) is 48.6 Å². The first-order valence-corrected chi connectivity index (χ1v) is 28.7. The summed E-state index contributed by atoms with van der Waals surface area (Å²) >= 11 is 0. The van der Waals surface area contributed by atoms with Gasteiger partial charge in [-0.1, -0.05) is 281 Å². The number of rotatable bonds is 52. The molecule has 0 saturated heterocycles. The topological polar surface area (TPSA) is 78.9 Å². The molecule has 66 heavy (non-hydrogen) atoms. The van der Waals surface area contributed by atoms with Crippen LogP contribution in [-0.4, -0.2) is 37.2 Å². The molecule has 0 aromatic rings. The Kier molecular flexibility index (Phi) is 52.8. The Bertz CT molecular complexity index is 1150. The van der Waals surface area contributed by atoms with Gasteiger partial charge in [-0.3, -0.25) is 14.4 Å². The van der Waals surface area contributed by atoms with Crippen LogP contribution in [0.5, 0.6) is 0 Å². The fraction of sp³-hybridized carbons (Fsp3) is 0.817. The normalized spacial score (nSPS) is 12.3. The summed E-state index contributed by atoms with van der Waals surface area (Å²) in [5, 5.41) is 0. The molecule has 0 rings (SSSR count). The molecular formula is C60H108O6. The summed E-state index contributed by atoms with van der Waals surface area (Å²) in [7, 11) is 0. The highest BCUT2D eigenvalue weighted by Gasteiger charge is 2.19. The number of carbonyl (C=O) groups is 3. The molecule has 0 spiro atoms. The molecule has 0 heterocycles. The van der Waals surface area contributed by atoms with Gasteiger partial charge in [0.15, 0.2) is 6.10 Å². The van der Waals surface area contributed by atoms with Crippen LogP contribution < -0.4 is 0 Å². The molecule has 0 aromatic carbocycles. The quantitative estimate of drug-likeness (QED) is 0.0262. The highest BCUT2D eigenvalue weighted by Crippen LogP contribution is 2.17. The van der Waals surface area contributed by atoms with Gasteiger partial charge in [-0.15, -0.1) is 0 Å². The van der Waals surface area contributed by atoms with Crippen molar-refractivity contribution in [2.24, 2.45) is 0 Å². The largest absolute Gasteiger partial charge is 0.462 e. The maximum atomic E-state index is 12.8. The molecule has 384 valence electrons. The number of allylic oxidation sites excluding steroid dienone is 8. The van der Waals surface area contributed by atoms with Crippen LogP contribution in [-0.2, 0) is 28.6 Å². The Morgan fingerprint density at radius 3 is 0.879 bits per heavy atom. The van der Waals surface area contributed by atoms with Gasteiger partial charge in [0.2, 0.25) is 0 Å². The van der Waals surface area contributed by atoms with Gasteiger partial charge in [0.1, 0.15) is 13.2 Å². The molecule has 0 N–H and O–H groups in total. The van der Waals surface area contributed by atoms with Gasteiger partial charge in [0.05, 0.1) is 0 Å². The number of carbonyl (C=O) groups excluding carboxylic acids is 3. The van der Waals surface area contributed by atoms with Crippen molar-refractivity contribution in [1.82, 2.24) is 0 Å². The molecule has 1 atom stereocenters. The van der Waals surface area contributed by atoms with Crippen LogP contribution in [0.1, 0.15) is 297 Å². The van der Waals surface area contributed by atoms with Crippen molar-refractivity contribution in [1.29, 1.82) is 0 Å². The van der Waals surface area contributed by atoms with Gasteiger partial charge in [0, 0.05) is 19.3 Å². The summed E-state index contributed by atoms with van der Waals surface area (Å²) in [6, 6.07) is 0. The highest BCUT2D eigenvalue weighted by atomic mass is 16.6. The summed E-state index contributed by atoms with van der Waals surface area (Å²) in [4.78, 5) is 38.1. The Labute approximate surface area is 409 Å². The zero-order chi connectivity index (χ0) is 47.9. The Hall–Kier alpha value is -2.63. The fourth-order valence-corrected chi connectivity index (χ4v) is 8.34. The summed E-state index contributed by atoms with van der Waals surface area (Å²) in [6.07, 6.45) is 66.7. The standard InChI is InChI=1S/C60H108O6/c1-4-7-10-13-16-19-22-24-26-28-30-32-33-35-38-41-44-47-50-53-59(62)65-56-57(55-64-58(61)52-49-46-43-40-37-21-18-15-12-9-6-3)66-60(63)54-51-48-45-42-39-36-34-31-29-27-25-23-20-17-14-11-8-5-2/h17,20,23,25,27,29,31,34,57H,4-16,18-19,21-22,24,26,28,30,32-33,35-56H2,1-3H3/b20-17-,25-23-,29-27-,34-31-. The molecule has 6 nitrogen and oxygen atoms in total. The third-order valence-corrected chi connectivity index (χ3v) is 12.7. The number of unbranched alkanes of at least 4 members (excludes halogenated alkanes) is 36. The van der Waals surface area contributed by atoms with Crippen molar-refractivity contribution in [3.63, 3.8) is 0 Å². The minimum atomic E-state index is -0.781. The van der Waals surface area contributed by atoms with E-state index in [4.69, 9.17) is 14.2 Å². The minimum absolute atomic E-state index is 0.0788. The molecule has 0 amide bonds. The van der Waals surface area contributed by atoms with E-state index in [2.05, 4.69) is 69.4 Å². The van der Waals surface area contributed by atoms with E-state index in [1.165, 1.54) is 173 Å². The number of hydrogen-bond donors (Lipinski definition) is 0. The first kappa shape index (κ1) is 63.4. The van der Waals surface area contributed by atoms with Crippen molar-refractivity contribution in [3.05, 3.63) is 48.6 Å². The first-order chi connectivity index (χ1) is 32.5. The van der Waals surface area contributed by atoms with E-state index in [1.807, 2.05) is 0 Å². The van der Waals surface area contributed by atoms with Crippen LogP contribution in [0.4, 0.5) is 0 Å². The smallest absolute Gasteiger partial charge is 0.306 e. The predicted octanol–water partition coefficient (Wildman–Crippen LogP) is 19.0. The molecule has 0 aliphatic heterocycles. The van der Waals surface area contributed by atoms with Crippen LogP contribution in [0, 0.1) is 0 Å². The number of esters is 3. The summed E-state index contributed by atoms with van der Waals surface area (Å²) in [5.74, 6) is -0.887. The lowest BCUT2D eigenvalue weighted by molar-refractivity contribution is -0.167. The van der Waals surface area contributed by atoms with E-state index in [-0.39, 0.29) is 31.1 Å². The monoisotopic (exact) mass is 925 g/mol. The molecule has 0 aromatic heterocycles. The fourth-order valence-electron chi connectivity index (χ4n) is 8.34.